The van der Waals surface area contributed by atoms with Crippen molar-refractivity contribution in [3.8, 4) is 5.75 Å². The SMILES string of the molecule is Cc1cc(=O)oc2cc(OC(=O)C(C)(C)CCN)ccc12. The number of fused-ring (bicyclic) bond motifs is 1. The Labute approximate surface area is 122 Å². The number of carbonyl (C=O) groups excluding carboxylic acids is 1. The summed E-state index contributed by atoms with van der Waals surface area (Å²) in [6.45, 7) is 5.81. The molecule has 2 rings (SSSR count). The Morgan fingerprint density at radius 3 is 2.71 bits per heavy atom. The number of benzene rings is 1. The number of nitrogens with two attached hydrogens (primary N) is 1. The molecule has 0 aliphatic rings. The third kappa shape index (κ3) is 3.31. The highest BCUT2D eigenvalue weighted by molar-refractivity contribution is 5.83. The van der Waals surface area contributed by atoms with Crippen LogP contribution in [0.5, 0.6) is 5.75 Å². The molecule has 0 saturated heterocycles. The Hall–Kier alpha value is -2.14. The fourth-order valence-electron chi connectivity index (χ4n) is 2.08. The van der Waals surface area contributed by atoms with Crippen molar-refractivity contribution >= 4 is 16.9 Å². The summed E-state index contributed by atoms with van der Waals surface area (Å²) in [4.78, 5) is 23.5. The molecule has 0 unspecified atom stereocenters. The van der Waals surface area contributed by atoms with Crippen molar-refractivity contribution in [3.05, 3.63) is 40.2 Å². The molecule has 0 saturated carbocycles. The van der Waals surface area contributed by atoms with E-state index in [0.717, 1.165) is 10.9 Å². The third-order valence-corrected chi connectivity index (χ3v) is 3.46. The summed E-state index contributed by atoms with van der Waals surface area (Å²) in [5.74, 6) is -0.00588. The van der Waals surface area contributed by atoms with Gasteiger partial charge in [0, 0.05) is 17.5 Å². The Morgan fingerprint density at radius 2 is 2.05 bits per heavy atom. The molecule has 0 aliphatic heterocycles. The van der Waals surface area contributed by atoms with E-state index >= 15 is 0 Å². The van der Waals surface area contributed by atoms with E-state index < -0.39 is 11.0 Å². The molecule has 0 aliphatic carbocycles. The standard InChI is InChI=1S/C16H19NO4/c1-10-8-14(18)21-13-9-11(4-5-12(10)13)20-15(19)16(2,3)6-7-17/h4-5,8-9H,6-7,17H2,1-3H3. The van der Waals surface area contributed by atoms with Crippen LogP contribution in [0.1, 0.15) is 25.8 Å². The van der Waals surface area contributed by atoms with Gasteiger partial charge in [-0.05, 0) is 51.4 Å². The first-order valence-corrected chi connectivity index (χ1v) is 6.80. The number of carbonyl (C=O) groups is 1. The van der Waals surface area contributed by atoms with Gasteiger partial charge in [-0.15, -0.1) is 0 Å². The molecule has 0 atom stereocenters. The van der Waals surface area contributed by atoms with Gasteiger partial charge < -0.3 is 14.9 Å². The average molecular weight is 289 g/mol. The minimum Gasteiger partial charge on any atom is -0.426 e. The minimum absolute atomic E-state index is 0.353. The zero-order valence-corrected chi connectivity index (χ0v) is 12.4. The minimum atomic E-state index is -0.656. The Bertz CT molecular complexity index is 731. The van der Waals surface area contributed by atoms with Crippen molar-refractivity contribution in [2.45, 2.75) is 27.2 Å². The second-order valence-electron chi connectivity index (χ2n) is 5.72. The van der Waals surface area contributed by atoms with Gasteiger partial charge in [0.2, 0.25) is 0 Å². The van der Waals surface area contributed by atoms with Crippen LogP contribution in [0.25, 0.3) is 11.0 Å². The zero-order valence-electron chi connectivity index (χ0n) is 12.4. The number of hydrogen-bond donors (Lipinski definition) is 1. The highest BCUT2D eigenvalue weighted by atomic mass is 16.5. The molecule has 21 heavy (non-hydrogen) atoms. The summed E-state index contributed by atoms with van der Waals surface area (Å²) in [6.07, 6.45) is 0.535. The van der Waals surface area contributed by atoms with Crippen molar-refractivity contribution < 1.29 is 13.9 Å². The predicted molar refractivity (Wildman–Crippen MR) is 80.3 cm³/mol. The molecule has 2 N–H and O–H groups in total. The van der Waals surface area contributed by atoms with Crippen molar-refractivity contribution in [2.75, 3.05) is 6.54 Å². The molecule has 2 aromatic rings. The van der Waals surface area contributed by atoms with Crippen LogP contribution in [0.4, 0.5) is 0 Å². The number of hydrogen-bond acceptors (Lipinski definition) is 5. The number of ether oxygens (including phenoxy) is 1. The maximum atomic E-state index is 12.1. The van der Waals surface area contributed by atoms with Gasteiger partial charge >= 0.3 is 11.6 Å². The topological polar surface area (TPSA) is 82.5 Å². The first-order chi connectivity index (χ1) is 9.83. The first kappa shape index (κ1) is 15.3. The van der Waals surface area contributed by atoms with E-state index in [1.807, 2.05) is 6.92 Å². The van der Waals surface area contributed by atoms with Gasteiger partial charge in [-0.2, -0.15) is 0 Å². The van der Waals surface area contributed by atoms with Crippen molar-refractivity contribution in [1.29, 1.82) is 0 Å². The van der Waals surface area contributed by atoms with Gasteiger partial charge in [-0.25, -0.2) is 4.79 Å². The van der Waals surface area contributed by atoms with Crippen LogP contribution >= 0.6 is 0 Å². The highest BCUT2D eigenvalue weighted by Crippen LogP contribution is 2.26. The quantitative estimate of drug-likeness (QED) is 0.531. The lowest BCUT2D eigenvalue weighted by Gasteiger charge is -2.21. The Morgan fingerprint density at radius 1 is 1.33 bits per heavy atom. The van der Waals surface area contributed by atoms with Crippen molar-refractivity contribution in [1.82, 2.24) is 0 Å². The lowest BCUT2D eigenvalue weighted by molar-refractivity contribution is -0.144. The van der Waals surface area contributed by atoms with E-state index in [4.69, 9.17) is 14.9 Å². The highest BCUT2D eigenvalue weighted by Gasteiger charge is 2.29. The molecule has 0 amide bonds. The second kappa shape index (κ2) is 5.69. The van der Waals surface area contributed by atoms with E-state index in [0.29, 0.717) is 24.3 Å². The van der Waals surface area contributed by atoms with E-state index in [-0.39, 0.29) is 5.97 Å². The van der Waals surface area contributed by atoms with Crippen LogP contribution in [-0.4, -0.2) is 12.5 Å². The monoisotopic (exact) mass is 289 g/mol. The molecular formula is C16H19NO4. The smallest absolute Gasteiger partial charge is 0.336 e. The summed E-state index contributed by atoms with van der Waals surface area (Å²) < 4.78 is 10.5. The Kier molecular flexibility index (Phi) is 4.14. The molecule has 5 nitrogen and oxygen atoms in total. The maximum Gasteiger partial charge on any atom is 0.336 e. The first-order valence-electron chi connectivity index (χ1n) is 6.80. The van der Waals surface area contributed by atoms with Gasteiger partial charge in [0.1, 0.15) is 11.3 Å². The van der Waals surface area contributed by atoms with E-state index in [1.165, 1.54) is 6.07 Å². The maximum absolute atomic E-state index is 12.1. The zero-order chi connectivity index (χ0) is 15.6. The second-order valence-corrected chi connectivity index (χ2v) is 5.72. The van der Waals surface area contributed by atoms with Crippen molar-refractivity contribution in [3.63, 3.8) is 0 Å². The number of esters is 1. The fourth-order valence-corrected chi connectivity index (χ4v) is 2.08. The summed E-state index contributed by atoms with van der Waals surface area (Å²) in [5.41, 5.74) is 5.64. The van der Waals surface area contributed by atoms with Crippen LogP contribution in [0.2, 0.25) is 0 Å². The summed E-state index contributed by atoms with van der Waals surface area (Å²) >= 11 is 0. The molecule has 1 aromatic carbocycles. The predicted octanol–water partition coefficient (Wildman–Crippen LogP) is 2.38. The van der Waals surface area contributed by atoms with Crippen LogP contribution < -0.4 is 16.1 Å². The molecule has 0 fully saturated rings. The Balaban J connectivity index is 2.32. The lowest BCUT2D eigenvalue weighted by atomic mass is 9.90. The van der Waals surface area contributed by atoms with Crippen LogP contribution in [0, 0.1) is 12.3 Å². The van der Waals surface area contributed by atoms with E-state index in [1.54, 1.807) is 32.0 Å². The van der Waals surface area contributed by atoms with Gasteiger partial charge in [0.25, 0.3) is 0 Å². The van der Waals surface area contributed by atoms with Gasteiger partial charge in [0.05, 0.1) is 5.41 Å². The molecule has 112 valence electrons. The van der Waals surface area contributed by atoms with Gasteiger partial charge in [0.15, 0.2) is 0 Å². The van der Waals surface area contributed by atoms with E-state index in [9.17, 15) is 9.59 Å². The summed E-state index contributed by atoms with van der Waals surface area (Å²) in [6, 6.07) is 6.44. The van der Waals surface area contributed by atoms with Gasteiger partial charge in [-0.3, -0.25) is 4.79 Å². The number of rotatable bonds is 4. The number of aryl methyl sites for hydroxylation is 1. The molecule has 5 heteroatoms. The van der Waals surface area contributed by atoms with Crippen LogP contribution in [-0.2, 0) is 4.79 Å². The van der Waals surface area contributed by atoms with Crippen molar-refractivity contribution in [2.24, 2.45) is 11.1 Å². The lowest BCUT2D eigenvalue weighted by Crippen LogP contribution is -2.31. The molecule has 1 aromatic heterocycles. The molecular weight excluding hydrogens is 270 g/mol. The molecule has 1 heterocycles. The van der Waals surface area contributed by atoms with Crippen LogP contribution in [0.3, 0.4) is 0 Å². The van der Waals surface area contributed by atoms with Crippen LogP contribution in [0.15, 0.2) is 33.5 Å². The van der Waals surface area contributed by atoms with E-state index in [2.05, 4.69) is 0 Å². The normalized spacial score (nSPS) is 11.6. The average Bonchev–Trinajstić information content (AvgIpc) is 2.37. The van der Waals surface area contributed by atoms with Gasteiger partial charge in [-0.1, -0.05) is 0 Å². The molecule has 0 radical (unpaired) electrons. The summed E-state index contributed by atoms with van der Waals surface area (Å²) in [7, 11) is 0. The summed E-state index contributed by atoms with van der Waals surface area (Å²) in [5, 5.41) is 0.815. The molecule has 0 spiro atoms. The third-order valence-electron chi connectivity index (χ3n) is 3.46. The largest absolute Gasteiger partial charge is 0.426 e. The molecule has 0 bridgehead atoms. The fraction of sp³-hybridized carbons (Fsp3) is 0.375.